The number of rotatable bonds is 7. The van der Waals surface area contributed by atoms with Crippen LogP contribution in [-0.4, -0.2) is 56.3 Å². The third-order valence-electron chi connectivity index (χ3n) is 5.77. The highest BCUT2D eigenvalue weighted by molar-refractivity contribution is 7.89. The Morgan fingerprint density at radius 3 is 2.09 bits per heavy atom. The summed E-state index contributed by atoms with van der Waals surface area (Å²) in [6, 6.07) is 15.0. The Labute approximate surface area is 192 Å². The van der Waals surface area contributed by atoms with E-state index in [0.717, 1.165) is 11.3 Å². The maximum atomic E-state index is 12.8. The van der Waals surface area contributed by atoms with Gasteiger partial charge in [-0.15, -0.1) is 0 Å². The van der Waals surface area contributed by atoms with Crippen LogP contribution >= 0.6 is 0 Å². The number of piperazine rings is 1. The minimum atomic E-state index is -3.52. The van der Waals surface area contributed by atoms with E-state index in [1.54, 1.807) is 29.2 Å². The molecule has 6 nitrogen and oxygen atoms in total. The van der Waals surface area contributed by atoms with Crippen molar-refractivity contribution in [3.05, 3.63) is 59.7 Å². The number of nitrogens with zero attached hydrogens (tertiary/aromatic N) is 2. The summed E-state index contributed by atoms with van der Waals surface area (Å²) in [6.45, 7) is 10.4. The molecule has 0 aliphatic carbocycles. The van der Waals surface area contributed by atoms with Crippen molar-refractivity contribution in [2.45, 2.75) is 50.8 Å². The van der Waals surface area contributed by atoms with E-state index in [-0.39, 0.29) is 11.3 Å². The third kappa shape index (κ3) is 6.11. The predicted octanol–water partition coefficient (Wildman–Crippen LogP) is 3.98. The number of carbonyl (C=O) groups excluding carboxylic acids is 1. The molecular formula is C25H34N2O4S. The number of aryl methyl sites for hydroxylation is 1. The third-order valence-corrected chi connectivity index (χ3v) is 7.69. The largest absolute Gasteiger partial charge is 0.494 e. The van der Waals surface area contributed by atoms with E-state index in [4.69, 9.17) is 4.74 Å². The Morgan fingerprint density at radius 1 is 0.938 bits per heavy atom. The van der Waals surface area contributed by atoms with Crippen molar-refractivity contribution in [2.75, 3.05) is 32.8 Å². The van der Waals surface area contributed by atoms with Gasteiger partial charge in [0.15, 0.2) is 0 Å². The van der Waals surface area contributed by atoms with E-state index in [0.29, 0.717) is 50.5 Å². The molecule has 1 saturated heterocycles. The fraction of sp³-hybridized carbons (Fsp3) is 0.480. The topological polar surface area (TPSA) is 66.9 Å². The molecule has 0 N–H and O–H groups in total. The highest BCUT2D eigenvalue weighted by Gasteiger charge is 2.29. The lowest BCUT2D eigenvalue weighted by Gasteiger charge is -2.34. The second-order valence-electron chi connectivity index (χ2n) is 9.32. The van der Waals surface area contributed by atoms with Gasteiger partial charge in [0.2, 0.25) is 15.9 Å². The van der Waals surface area contributed by atoms with Crippen LogP contribution < -0.4 is 4.74 Å². The smallest absolute Gasteiger partial charge is 0.243 e. The van der Waals surface area contributed by atoms with Crippen molar-refractivity contribution in [1.82, 2.24) is 9.21 Å². The number of carbonyl (C=O) groups is 1. The van der Waals surface area contributed by atoms with Crippen molar-refractivity contribution in [1.29, 1.82) is 0 Å². The predicted molar refractivity (Wildman–Crippen MR) is 126 cm³/mol. The van der Waals surface area contributed by atoms with E-state index < -0.39 is 10.0 Å². The van der Waals surface area contributed by atoms with Gasteiger partial charge in [-0.2, -0.15) is 4.31 Å². The van der Waals surface area contributed by atoms with Crippen LogP contribution in [-0.2, 0) is 20.2 Å². The summed E-state index contributed by atoms with van der Waals surface area (Å²) >= 11 is 0. The Kier molecular flexibility index (Phi) is 7.62. The van der Waals surface area contributed by atoms with Gasteiger partial charge in [0.1, 0.15) is 5.75 Å². The molecule has 32 heavy (non-hydrogen) atoms. The maximum Gasteiger partial charge on any atom is 0.243 e. The Morgan fingerprint density at radius 2 is 1.53 bits per heavy atom. The number of sulfonamides is 1. The SMILES string of the molecule is Cc1ccc(S(=O)(=O)N2CCN(C(=O)CCCOc3ccc(C(C)(C)C)cc3)CC2)cc1. The van der Waals surface area contributed by atoms with E-state index in [1.807, 2.05) is 19.1 Å². The lowest BCUT2D eigenvalue weighted by Crippen LogP contribution is -2.50. The molecule has 3 rings (SSSR count). The summed E-state index contributed by atoms with van der Waals surface area (Å²) in [5, 5.41) is 0. The summed E-state index contributed by atoms with van der Waals surface area (Å²) in [4.78, 5) is 14.6. The second-order valence-corrected chi connectivity index (χ2v) is 11.3. The zero-order valence-electron chi connectivity index (χ0n) is 19.5. The number of hydrogen-bond acceptors (Lipinski definition) is 4. The van der Waals surface area contributed by atoms with Crippen molar-refractivity contribution in [2.24, 2.45) is 0 Å². The van der Waals surface area contributed by atoms with Gasteiger partial charge in [-0.05, 0) is 48.6 Å². The Balaban J connectivity index is 1.41. The fourth-order valence-corrected chi connectivity index (χ4v) is 5.08. The summed E-state index contributed by atoms with van der Waals surface area (Å²) in [5.74, 6) is 0.851. The van der Waals surface area contributed by atoms with Gasteiger partial charge < -0.3 is 9.64 Å². The van der Waals surface area contributed by atoms with Crippen LogP contribution in [0.2, 0.25) is 0 Å². The normalized spacial score (nSPS) is 15.6. The summed E-state index contributed by atoms with van der Waals surface area (Å²) in [5.41, 5.74) is 2.38. The molecule has 0 spiro atoms. The zero-order chi connectivity index (χ0) is 23.4. The van der Waals surface area contributed by atoms with E-state index >= 15 is 0 Å². The maximum absolute atomic E-state index is 12.8. The Hall–Kier alpha value is -2.38. The van der Waals surface area contributed by atoms with Crippen LogP contribution in [0.1, 0.15) is 44.7 Å². The molecule has 0 unspecified atom stereocenters. The van der Waals surface area contributed by atoms with Crippen LogP contribution in [0.3, 0.4) is 0 Å². The van der Waals surface area contributed by atoms with Gasteiger partial charge in [0.25, 0.3) is 0 Å². The van der Waals surface area contributed by atoms with Crippen LogP contribution in [0.25, 0.3) is 0 Å². The van der Waals surface area contributed by atoms with Gasteiger partial charge >= 0.3 is 0 Å². The van der Waals surface area contributed by atoms with Crippen molar-refractivity contribution in [3.63, 3.8) is 0 Å². The molecule has 1 fully saturated rings. The first-order valence-electron chi connectivity index (χ1n) is 11.2. The van der Waals surface area contributed by atoms with Crippen molar-refractivity contribution in [3.8, 4) is 5.75 Å². The lowest BCUT2D eigenvalue weighted by molar-refractivity contribution is -0.132. The van der Waals surface area contributed by atoms with Gasteiger partial charge in [-0.3, -0.25) is 4.79 Å². The molecule has 0 atom stereocenters. The van der Waals surface area contributed by atoms with Crippen LogP contribution in [0.4, 0.5) is 0 Å². The molecule has 1 amide bonds. The summed E-state index contributed by atoms with van der Waals surface area (Å²) in [7, 11) is -3.52. The molecule has 0 radical (unpaired) electrons. The molecule has 1 aliphatic rings. The highest BCUT2D eigenvalue weighted by Crippen LogP contribution is 2.24. The monoisotopic (exact) mass is 458 g/mol. The van der Waals surface area contributed by atoms with Crippen molar-refractivity contribution >= 4 is 15.9 Å². The average Bonchev–Trinajstić information content (AvgIpc) is 2.76. The number of amides is 1. The Bertz CT molecular complexity index is 1000. The fourth-order valence-electron chi connectivity index (χ4n) is 3.66. The minimum absolute atomic E-state index is 0.0454. The van der Waals surface area contributed by atoms with Crippen LogP contribution in [0.5, 0.6) is 5.75 Å². The highest BCUT2D eigenvalue weighted by atomic mass is 32.2. The summed E-state index contributed by atoms with van der Waals surface area (Å²) < 4.78 is 32.8. The molecule has 1 aliphatic heterocycles. The standard InChI is InChI=1S/C25H34N2O4S/c1-20-7-13-23(14-8-20)32(29,30)27-17-15-26(16-18-27)24(28)6-5-19-31-22-11-9-21(10-12-22)25(2,3)4/h7-14H,5-6,15-19H2,1-4H3. The lowest BCUT2D eigenvalue weighted by atomic mass is 9.87. The van der Waals surface area contributed by atoms with Crippen molar-refractivity contribution < 1.29 is 17.9 Å². The van der Waals surface area contributed by atoms with E-state index in [1.165, 1.54) is 9.87 Å². The van der Waals surface area contributed by atoms with Crippen LogP contribution in [0, 0.1) is 6.92 Å². The molecular weight excluding hydrogens is 424 g/mol. The molecule has 2 aromatic rings. The van der Waals surface area contributed by atoms with Crippen LogP contribution in [0.15, 0.2) is 53.4 Å². The first-order chi connectivity index (χ1) is 15.1. The molecule has 0 aromatic heterocycles. The molecule has 2 aromatic carbocycles. The second kappa shape index (κ2) is 10.0. The quantitative estimate of drug-likeness (QED) is 0.589. The molecule has 0 saturated carbocycles. The number of ether oxygens (including phenoxy) is 1. The first-order valence-corrected chi connectivity index (χ1v) is 12.6. The van der Waals surface area contributed by atoms with Gasteiger partial charge in [0, 0.05) is 32.6 Å². The van der Waals surface area contributed by atoms with Gasteiger partial charge in [-0.25, -0.2) is 8.42 Å². The van der Waals surface area contributed by atoms with E-state index in [2.05, 4.69) is 32.9 Å². The first kappa shape index (κ1) is 24.3. The van der Waals surface area contributed by atoms with Gasteiger partial charge in [0.05, 0.1) is 11.5 Å². The summed E-state index contributed by atoms with van der Waals surface area (Å²) in [6.07, 6.45) is 1.02. The molecule has 1 heterocycles. The van der Waals surface area contributed by atoms with Gasteiger partial charge in [-0.1, -0.05) is 50.6 Å². The molecule has 0 bridgehead atoms. The molecule has 174 valence electrons. The average molecular weight is 459 g/mol. The molecule has 7 heteroatoms. The number of benzene rings is 2. The minimum Gasteiger partial charge on any atom is -0.494 e. The zero-order valence-corrected chi connectivity index (χ0v) is 20.3. The number of hydrogen-bond donors (Lipinski definition) is 0. The van der Waals surface area contributed by atoms with E-state index in [9.17, 15) is 13.2 Å².